The molecule has 1 unspecified atom stereocenters. The SMILES string of the molecule is CCNC(=NCc1ccnc(-n2cccn2)c1)NCC(C)COCc1ccccc1. The molecule has 0 amide bonds. The summed E-state index contributed by atoms with van der Waals surface area (Å²) in [5.74, 6) is 1.95. The number of nitrogens with one attached hydrogen (secondary N) is 2. The Hall–Kier alpha value is -3.19. The van der Waals surface area contributed by atoms with E-state index in [0.717, 1.165) is 30.4 Å². The van der Waals surface area contributed by atoms with Crippen LogP contribution in [-0.4, -0.2) is 40.4 Å². The van der Waals surface area contributed by atoms with Crippen molar-refractivity contribution in [2.75, 3.05) is 19.7 Å². The summed E-state index contributed by atoms with van der Waals surface area (Å²) in [4.78, 5) is 9.06. The van der Waals surface area contributed by atoms with Crippen LogP contribution in [0.15, 0.2) is 72.1 Å². The predicted molar refractivity (Wildman–Crippen MR) is 119 cm³/mol. The first-order valence-electron chi connectivity index (χ1n) is 10.3. The maximum Gasteiger partial charge on any atom is 0.191 e. The smallest absolute Gasteiger partial charge is 0.191 e. The molecule has 1 aromatic carbocycles. The minimum absolute atomic E-state index is 0.366. The molecule has 1 atom stereocenters. The van der Waals surface area contributed by atoms with Gasteiger partial charge in [-0.15, -0.1) is 0 Å². The Morgan fingerprint density at radius 3 is 2.73 bits per heavy atom. The van der Waals surface area contributed by atoms with E-state index < -0.39 is 0 Å². The molecule has 0 aliphatic rings. The van der Waals surface area contributed by atoms with Gasteiger partial charge in [0, 0.05) is 31.7 Å². The molecule has 0 saturated carbocycles. The van der Waals surface area contributed by atoms with E-state index in [9.17, 15) is 0 Å². The van der Waals surface area contributed by atoms with Gasteiger partial charge in [-0.3, -0.25) is 0 Å². The first kappa shape index (κ1) is 21.5. The molecule has 0 saturated heterocycles. The third-order valence-corrected chi connectivity index (χ3v) is 4.44. The standard InChI is InChI=1S/C23H30N6O/c1-3-24-23(26-15-19(2)17-30-18-20-8-5-4-6-9-20)27-16-21-10-12-25-22(14-21)29-13-7-11-28-29/h4-14,19H,3,15-18H2,1-2H3,(H2,24,26,27). The van der Waals surface area contributed by atoms with Crippen molar-refractivity contribution >= 4 is 5.96 Å². The second-order valence-electron chi connectivity index (χ2n) is 7.15. The molecule has 7 heteroatoms. The Labute approximate surface area is 178 Å². The van der Waals surface area contributed by atoms with Crippen LogP contribution >= 0.6 is 0 Å². The van der Waals surface area contributed by atoms with Gasteiger partial charge in [0.05, 0.1) is 19.8 Å². The van der Waals surface area contributed by atoms with Crippen molar-refractivity contribution in [1.82, 2.24) is 25.4 Å². The number of guanidine groups is 1. The zero-order chi connectivity index (χ0) is 21.0. The summed E-state index contributed by atoms with van der Waals surface area (Å²) in [5.41, 5.74) is 2.27. The van der Waals surface area contributed by atoms with E-state index in [2.05, 4.69) is 46.7 Å². The summed E-state index contributed by atoms with van der Waals surface area (Å²) in [6.45, 7) is 7.71. The van der Waals surface area contributed by atoms with E-state index in [0.29, 0.717) is 25.7 Å². The topological polar surface area (TPSA) is 76.4 Å². The van der Waals surface area contributed by atoms with Crippen molar-refractivity contribution in [1.29, 1.82) is 0 Å². The maximum absolute atomic E-state index is 5.84. The molecule has 0 fully saturated rings. The van der Waals surface area contributed by atoms with Crippen LogP contribution in [0.2, 0.25) is 0 Å². The quantitative estimate of drug-likeness (QED) is 0.399. The number of aliphatic imine (C=N–C) groups is 1. The second-order valence-corrected chi connectivity index (χ2v) is 7.15. The third-order valence-electron chi connectivity index (χ3n) is 4.44. The Balaban J connectivity index is 1.47. The van der Waals surface area contributed by atoms with Crippen LogP contribution in [0.25, 0.3) is 5.82 Å². The normalized spacial score (nSPS) is 12.5. The Morgan fingerprint density at radius 2 is 1.97 bits per heavy atom. The number of hydrogen-bond donors (Lipinski definition) is 2. The Kier molecular flexibility index (Phi) is 8.41. The molecular weight excluding hydrogens is 376 g/mol. The van der Waals surface area contributed by atoms with Gasteiger partial charge in [0.15, 0.2) is 11.8 Å². The summed E-state index contributed by atoms with van der Waals surface area (Å²) in [5, 5.41) is 10.9. The molecule has 158 valence electrons. The number of rotatable bonds is 10. The van der Waals surface area contributed by atoms with E-state index in [1.54, 1.807) is 17.1 Å². The van der Waals surface area contributed by atoms with Crippen LogP contribution in [0, 0.1) is 5.92 Å². The molecule has 7 nitrogen and oxygen atoms in total. The zero-order valence-corrected chi connectivity index (χ0v) is 17.7. The van der Waals surface area contributed by atoms with E-state index >= 15 is 0 Å². The van der Waals surface area contributed by atoms with Crippen molar-refractivity contribution in [3.63, 3.8) is 0 Å². The highest BCUT2D eigenvalue weighted by Gasteiger charge is 2.05. The highest BCUT2D eigenvalue weighted by Crippen LogP contribution is 2.07. The van der Waals surface area contributed by atoms with E-state index in [1.807, 2.05) is 42.6 Å². The molecular formula is C23H30N6O. The number of pyridine rings is 1. The molecule has 30 heavy (non-hydrogen) atoms. The molecule has 2 heterocycles. The molecule has 0 aliphatic carbocycles. The zero-order valence-electron chi connectivity index (χ0n) is 17.7. The molecule has 0 aliphatic heterocycles. The summed E-state index contributed by atoms with van der Waals surface area (Å²) in [6, 6.07) is 16.1. The highest BCUT2D eigenvalue weighted by atomic mass is 16.5. The minimum atomic E-state index is 0.366. The summed E-state index contributed by atoms with van der Waals surface area (Å²) < 4.78 is 7.58. The molecule has 0 bridgehead atoms. The van der Waals surface area contributed by atoms with Gasteiger partial charge in [0.1, 0.15) is 0 Å². The third kappa shape index (κ3) is 7.00. The Bertz CT molecular complexity index is 895. The van der Waals surface area contributed by atoms with Crippen LogP contribution < -0.4 is 10.6 Å². The average molecular weight is 407 g/mol. The lowest BCUT2D eigenvalue weighted by atomic mass is 10.2. The van der Waals surface area contributed by atoms with E-state index in [4.69, 9.17) is 9.73 Å². The van der Waals surface area contributed by atoms with Gasteiger partial charge in [-0.1, -0.05) is 37.3 Å². The van der Waals surface area contributed by atoms with Crippen LogP contribution in [0.1, 0.15) is 25.0 Å². The van der Waals surface area contributed by atoms with Crippen LogP contribution in [0.3, 0.4) is 0 Å². The van der Waals surface area contributed by atoms with Gasteiger partial charge in [-0.25, -0.2) is 14.7 Å². The van der Waals surface area contributed by atoms with Gasteiger partial charge < -0.3 is 15.4 Å². The van der Waals surface area contributed by atoms with Crippen LogP contribution in [0.4, 0.5) is 0 Å². The predicted octanol–water partition coefficient (Wildman–Crippen LogP) is 3.18. The molecule has 2 aromatic heterocycles. The van der Waals surface area contributed by atoms with Crippen molar-refractivity contribution in [3.8, 4) is 5.82 Å². The number of aromatic nitrogens is 3. The fourth-order valence-electron chi connectivity index (χ4n) is 2.88. The largest absolute Gasteiger partial charge is 0.376 e. The van der Waals surface area contributed by atoms with Gasteiger partial charge >= 0.3 is 0 Å². The lowest BCUT2D eigenvalue weighted by molar-refractivity contribution is 0.0931. The second kappa shape index (κ2) is 11.7. The van der Waals surface area contributed by atoms with Crippen LogP contribution in [0.5, 0.6) is 0 Å². The van der Waals surface area contributed by atoms with Gasteiger partial charge in [0.25, 0.3) is 0 Å². The van der Waals surface area contributed by atoms with Gasteiger partial charge in [-0.2, -0.15) is 5.10 Å². The number of nitrogens with zero attached hydrogens (tertiary/aromatic N) is 4. The fourth-order valence-corrected chi connectivity index (χ4v) is 2.88. The number of benzene rings is 1. The van der Waals surface area contributed by atoms with Crippen molar-refractivity contribution in [2.45, 2.75) is 27.0 Å². The number of ether oxygens (including phenoxy) is 1. The van der Waals surface area contributed by atoms with Crippen LogP contribution in [-0.2, 0) is 17.9 Å². The first-order valence-corrected chi connectivity index (χ1v) is 10.3. The molecule has 0 spiro atoms. The maximum atomic E-state index is 5.84. The molecule has 0 radical (unpaired) electrons. The van der Waals surface area contributed by atoms with Gasteiger partial charge in [-0.05, 0) is 42.2 Å². The number of hydrogen-bond acceptors (Lipinski definition) is 4. The van der Waals surface area contributed by atoms with Gasteiger partial charge in [0.2, 0.25) is 0 Å². The highest BCUT2D eigenvalue weighted by molar-refractivity contribution is 5.79. The minimum Gasteiger partial charge on any atom is -0.376 e. The summed E-state index contributed by atoms with van der Waals surface area (Å²) in [7, 11) is 0. The van der Waals surface area contributed by atoms with E-state index in [1.165, 1.54) is 5.56 Å². The van der Waals surface area contributed by atoms with Crippen molar-refractivity contribution < 1.29 is 4.74 Å². The summed E-state index contributed by atoms with van der Waals surface area (Å²) >= 11 is 0. The summed E-state index contributed by atoms with van der Waals surface area (Å²) in [6.07, 6.45) is 5.40. The van der Waals surface area contributed by atoms with Crippen molar-refractivity contribution in [3.05, 3.63) is 78.2 Å². The lowest BCUT2D eigenvalue weighted by Crippen LogP contribution is -2.40. The Morgan fingerprint density at radius 1 is 1.10 bits per heavy atom. The van der Waals surface area contributed by atoms with E-state index in [-0.39, 0.29) is 0 Å². The molecule has 3 rings (SSSR count). The fraction of sp³-hybridized carbons (Fsp3) is 0.348. The first-order chi connectivity index (χ1) is 14.7. The molecule has 2 N–H and O–H groups in total. The lowest BCUT2D eigenvalue weighted by Gasteiger charge is -2.16. The average Bonchev–Trinajstić information content (AvgIpc) is 3.32. The monoisotopic (exact) mass is 406 g/mol. The van der Waals surface area contributed by atoms with Crippen molar-refractivity contribution in [2.24, 2.45) is 10.9 Å². The molecule has 3 aromatic rings.